The minimum Gasteiger partial charge on any atom is -0.481 e. The Bertz CT molecular complexity index is 527. The van der Waals surface area contributed by atoms with Gasteiger partial charge in [-0.1, -0.05) is 219 Å². The van der Waals surface area contributed by atoms with E-state index in [0.29, 0.717) is 6.42 Å². The fraction of sp³-hybridized carbons (Fsp3) is 0.977. The predicted octanol–water partition coefficient (Wildman–Crippen LogP) is 14.8. The monoisotopic (exact) mass is 650 g/mol. The van der Waals surface area contributed by atoms with Gasteiger partial charge in [-0.15, -0.1) is 0 Å². The molecule has 0 unspecified atom stereocenters. The second-order valence-corrected chi connectivity index (χ2v) is 15.0. The molecule has 0 aliphatic heterocycles. The highest BCUT2D eigenvalue weighted by Crippen LogP contribution is 2.16. The highest BCUT2D eigenvalue weighted by molar-refractivity contribution is 5.66. The molecular weight excluding hydrogens is 562 g/mol. The van der Waals surface area contributed by atoms with Crippen LogP contribution in [0.1, 0.15) is 251 Å². The summed E-state index contributed by atoms with van der Waals surface area (Å²) in [6.45, 7) is 8.11. The lowest BCUT2D eigenvalue weighted by Crippen LogP contribution is -2.27. The van der Waals surface area contributed by atoms with Crippen LogP contribution in [0, 0.1) is 0 Å². The number of aliphatic carboxylic acids is 1. The third-order valence-electron chi connectivity index (χ3n) is 10.3. The van der Waals surface area contributed by atoms with Crippen LogP contribution < -0.4 is 0 Å². The van der Waals surface area contributed by atoms with Crippen LogP contribution in [0.5, 0.6) is 0 Å². The molecule has 0 fully saturated rings. The maximum absolute atomic E-state index is 10.9. The Hall–Kier alpha value is -0.570. The zero-order chi connectivity index (χ0) is 33.4. The first-order valence-electron chi connectivity index (χ1n) is 21.6. The fourth-order valence-electron chi connectivity index (χ4n) is 7.07. The van der Waals surface area contributed by atoms with Crippen molar-refractivity contribution in [1.29, 1.82) is 0 Å². The van der Waals surface area contributed by atoms with E-state index in [4.69, 9.17) is 5.11 Å². The van der Waals surface area contributed by atoms with Gasteiger partial charge in [-0.3, -0.25) is 4.79 Å². The summed E-state index contributed by atoms with van der Waals surface area (Å²) < 4.78 is 0. The maximum Gasteiger partial charge on any atom is 0.303 e. The van der Waals surface area contributed by atoms with Crippen LogP contribution in [-0.4, -0.2) is 35.6 Å². The number of hydrogen-bond donors (Lipinski definition) is 1. The average molecular weight is 650 g/mol. The van der Waals surface area contributed by atoms with Crippen LogP contribution >= 0.6 is 0 Å². The summed E-state index contributed by atoms with van der Waals surface area (Å²) in [6, 6.07) is 0. The van der Waals surface area contributed by atoms with Crippen molar-refractivity contribution in [2.75, 3.05) is 19.6 Å². The van der Waals surface area contributed by atoms with Crippen LogP contribution in [0.2, 0.25) is 0 Å². The first-order valence-corrected chi connectivity index (χ1v) is 21.6. The summed E-state index contributed by atoms with van der Waals surface area (Å²) in [5, 5.41) is 9.00. The van der Waals surface area contributed by atoms with Crippen molar-refractivity contribution in [3.8, 4) is 0 Å². The quantitative estimate of drug-likeness (QED) is 0.0670. The highest BCUT2D eigenvalue weighted by atomic mass is 16.4. The number of nitrogens with zero attached hydrogens (tertiary/aromatic N) is 1. The van der Waals surface area contributed by atoms with Crippen molar-refractivity contribution in [3.63, 3.8) is 0 Å². The molecular formula is C43H87NO2. The van der Waals surface area contributed by atoms with E-state index in [0.717, 1.165) is 19.4 Å². The van der Waals surface area contributed by atoms with Gasteiger partial charge < -0.3 is 10.0 Å². The van der Waals surface area contributed by atoms with Crippen LogP contribution in [0.25, 0.3) is 0 Å². The van der Waals surface area contributed by atoms with E-state index in [1.165, 1.54) is 231 Å². The number of carboxylic acids is 1. The van der Waals surface area contributed by atoms with Crippen LogP contribution in [-0.2, 0) is 4.79 Å². The Morgan fingerprint density at radius 2 is 0.522 bits per heavy atom. The molecule has 0 saturated carbocycles. The molecule has 0 saturated heterocycles. The predicted molar refractivity (Wildman–Crippen MR) is 206 cm³/mol. The minimum absolute atomic E-state index is 0.325. The van der Waals surface area contributed by atoms with E-state index >= 15 is 0 Å². The lowest BCUT2D eigenvalue weighted by Gasteiger charge is -2.22. The van der Waals surface area contributed by atoms with Crippen LogP contribution in [0.3, 0.4) is 0 Å². The van der Waals surface area contributed by atoms with Crippen molar-refractivity contribution in [2.45, 2.75) is 251 Å². The van der Waals surface area contributed by atoms with Crippen molar-refractivity contribution in [3.05, 3.63) is 0 Å². The van der Waals surface area contributed by atoms with E-state index in [1.807, 2.05) is 0 Å². The fourth-order valence-corrected chi connectivity index (χ4v) is 7.07. The number of hydrogen-bond acceptors (Lipinski definition) is 2. The van der Waals surface area contributed by atoms with Crippen LogP contribution in [0.15, 0.2) is 0 Å². The molecule has 0 radical (unpaired) electrons. The molecule has 0 rings (SSSR count). The van der Waals surface area contributed by atoms with Crippen molar-refractivity contribution < 1.29 is 9.90 Å². The molecule has 0 spiro atoms. The van der Waals surface area contributed by atoms with Gasteiger partial charge in [-0.05, 0) is 45.3 Å². The molecule has 0 atom stereocenters. The Morgan fingerprint density at radius 3 is 0.739 bits per heavy atom. The average Bonchev–Trinajstić information content (AvgIpc) is 3.05. The molecule has 3 nitrogen and oxygen atoms in total. The van der Waals surface area contributed by atoms with Gasteiger partial charge in [0, 0.05) is 6.42 Å². The summed E-state index contributed by atoms with van der Waals surface area (Å²) in [7, 11) is 0. The molecule has 46 heavy (non-hydrogen) atoms. The first kappa shape index (κ1) is 45.4. The first-order chi connectivity index (χ1) is 22.7. The largest absolute Gasteiger partial charge is 0.481 e. The molecule has 0 heterocycles. The number of carboxylic acid groups (broad SMARTS) is 1. The van der Waals surface area contributed by atoms with Crippen molar-refractivity contribution in [2.24, 2.45) is 0 Å². The molecule has 0 aromatic rings. The summed E-state index contributed by atoms with van der Waals surface area (Å²) in [6.07, 6.45) is 50.6. The van der Waals surface area contributed by atoms with E-state index in [-0.39, 0.29) is 0 Å². The highest BCUT2D eigenvalue weighted by Gasteiger charge is 2.06. The number of carbonyl (C=O) groups is 1. The second-order valence-electron chi connectivity index (χ2n) is 15.0. The van der Waals surface area contributed by atoms with Gasteiger partial charge in [-0.25, -0.2) is 0 Å². The van der Waals surface area contributed by atoms with Crippen molar-refractivity contribution >= 4 is 5.97 Å². The third kappa shape index (κ3) is 39.6. The second kappa shape index (κ2) is 40.6. The lowest BCUT2D eigenvalue weighted by atomic mass is 10.0. The van der Waals surface area contributed by atoms with E-state index in [1.54, 1.807) is 0 Å². The summed E-state index contributed by atoms with van der Waals surface area (Å²) in [5.41, 5.74) is 0. The topological polar surface area (TPSA) is 40.5 Å². The molecule has 0 aromatic carbocycles. The smallest absolute Gasteiger partial charge is 0.303 e. The molecule has 1 N–H and O–H groups in total. The zero-order valence-electron chi connectivity index (χ0n) is 32.1. The van der Waals surface area contributed by atoms with Crippen molar-refractivity contribution in [1.82, 2.24) is 4.90 Å². The minimum atomic E-state index is -0.645. The normalized spacial score (nSPS) is 11.6. The molecule has 3 heteroatoms. The number of unbranched alkanes of at least 4 members (excludes halogenated alkanes) is 33. The molecule has 0 aromatic heterocycles. The van der Waals surface area contributed by atoms with Gasteiger partial charge in [0.1, 0.15) is 0 Å². The van der Waals surface area contributed by atoms with Gasteiger partial charge in [0.25, 0.3) is 0 Å². The zero-order valence-corrected chi connectivity index (χ0v) is 32.1. The van der Waals surface area contributed by atoms with Gasteiger partial charge >= 0.3 is 5.97 Å². The molecule has 0 amide bonds. The Kier molecular flexibility index (Phi) is 40.1. The maximum atomic E-state index is 10.9. The third-order valence-corrected chi connectivity index (χ3v) is 10.3. The molecule has 0 aliphatic carbocycles. The molecule has 0 aliphatic rings. The van der Waals surface area contributed by atoms with E-state index in [2.05, 4.69) is 18.7 Å². The Balaban J connectivity index is 3.66. The van der Waals surface area contributed by atoms with E-state index < -0.39 is 5.97 Å². The number of rotatable bonds is 41. The summed E-state index contributed by atoms with van der Waals surface area (Å²) in [5.74, 6) is -0.645. The SMILES string of the molecule is CCCCCCCCCCCCCCCCCCCN(CCCCCCCCCCCCCCCCCCC)CCCCC(=O)O. The van der Waals surface area contributed by atoms with Gasteiger partial charge in [0.05, 0.1) is 0 Å². The summed E-state index contributed by atoms with van der Waals surface area (Å²) >= 11 is 0. The Labute approximate surface area is 291 Å². The molecule has 276 valence electrons. The van der Waals surface area contributed by atoms with E-state index in [9.17, 15) is 4.79 Å². The molecule has 0 bridgehead atoms. The Morgan fingerprint density at radius 1 is 0.326 bits per heavy atom. The van der Waals surface area contributed by atoms with Gasteiger partial charge in [-0.2, -0.15) is 0 Å². The van der Waals surface area contributed by atoms with Gasteiger partial charge in [0.15, 0.2) is 0 Å². The summed E-state index contributed by atoms with van der Waals surface area (Å²) in [4.78, 5) is 13.6. The van der Waals surface area contributed by atoms with Gasteiger partial charge in [0.2, 0.25) is 0 Å². The standard InChI is InChI=1S/C43H87NO2/c1-3-5-7-9-11-13-15-17-19-21-23-25-27-29-31-33-36-40-44(42-38-35-39-43(45)46)41-37-34-32-30-28-26-24-22-20-18-16-14-12-10-8-6-4-2/h3-42H2,1-2H3,(H,45,46). The lowest BCUT2D eigenvalue weighted by molar-refractivity contribution is -0.137. The van der Waals surface area contributed by atoms with Crippen LogP contribution in [0.4, 0.5) is 0 Å².